The number of halogens is 3. The zero-order valence-electron chi connectivity index (χ0n) is 9.08. The van der Waals surface area contributed by atoms with Crippen LogP contribution in [0.25, 0.3) is 21.2 Å². The topological polar surface area (TPSA) is 0 Å². The lowest BCUT2D eigenvalue weighted by atomic mass is 10.1. The van der Waals surface area contributed by atoms with Gasteiger partial charge < -0.3 is 0 Å². The van der Waals surface area contributed by atoms with Crippen molar-refractivity contribution in [2.45, 2.75) is 0 Å². The Kier molecular flexibility index (Phi) is 3.25. The van der Waals surface area contributed by atoms with Gasteiger partial charge >= 0.3 is 0 Å². The van der Waals surface area contributed by atoms with Crippen LogP contribution in [0, 0.1) is 0 Å². The monoisotopic (exact) mass is 312 g/mol. The van der Waals surface area contributed by atoms with Gasteiger partial charge in [0.2, 0.25) is 0 Å². The van der Waals surface area contributed by atoms with Gasteiger partial charge in [0.15, 0.2) is 0 Å². The van der Waals surface area contributed by atoms with Crippen LogP contribution in [0.5, 0.6) is 0 Å². The minimum Gasteiger partial charge on any atom is -0.143 e. The molecule has 0 nitrogen and oxygen atoms in total. The van der Waals surface area contributed by atoms with E-state index in [-0.39, 0.29) is 0 Å². The van der Waals surface area contributed by atoms with Crippen LogP contribution in [0.2, 0.25) is 15.1 Å². The quantitative estimate of drug-likeness (QED) is 0.479. The molecule has 0 amide bonds. The molecule has 1 heterocycles. The van der Waals surface area contributed by atoms with Crippen molar-refractivity contribution in [2.24, 2.45) is 0 Å². The highest BCUT2D eigenvalue weighted by atomic mass is 35.5. The predicted molar refractivity (Wildman–Crippen MR) is 82.3 cm³/mol. The number of rotatable bonds is 1. The van der Waals surface area contributed by atoms with Gasteiger partial charge in [0, 0.05) is 15.3 Å². The van der Waals surface area contributed by atoms with Gasteiger partial charge in [-0.1, -0.05) is 46.9 Å². The van der Waals surface area contributed by atoms with Crippen molar-refractivity contribution in [3.05, 3.63) is 56.8 Å². The van der Waals surface area contributed by atoms with Gasteiger partial charge in [-0.2, -0.15) is 0 Å². The van der Waals surface area contributed by atoms with Gasteiger partial charge in [-0.3, -0.25) is 0 Å². The molecule has 2 aromatic carbocycles. The summed E-state index contributed by atoms with van der Waals surface area (Å²) in [5.41, 5.74) is 1.08. The molecule has 0 radical (unpaired) electrons. The molecule has 0 spiro atoms. The van der Waals surface area contributed by atoms with Gasteiger partial charge in [0.25, 0.3) is 0 Å². The minimum absolute atomic E-state index is 0.573. The lowest BCUT2D eigenvalue weighted by Crippen LogP contribution is -1.76. The summed E-state index contributed by atoms with van der Waals surface area (Å²) < 4.78 is 0. The molecule has 3 rings (SSSR count). The van der Waals surface area contributed by atoms with Crippen LogP contribution in [-0.2, 0) is 0 Å². The van der Waals surface area contributed by atoms with Crippen LogP contribution >= 0.6 is 46.1 Å². The van der Waals surface area contributed by atoms with E-state index in [0.29, 0.717) is 10.0 Å². The van der Waals surface area contributed by atoms with E-state index in [1.165, 1.54) is 10.3 Å². The van der Waals surface area contributed by atoms with E-state index >= 15 is 0 Å². The first-order valence-corrected chi connectivity index (χ1v) is 7.29. The lowest BCUT2D eigenvalue weighted by molar-refractivity contribution is 1.70. The number of hydrogen-bond donors (Lipinski definition) is 0. The van der Waals surface area contributed by atoms with E-state index in [4.69, 9.17) is 34.8 Å². The molecule has 0 fully saturated rings. The highest BCUT2D eigenvalue weighted by Gasteiger charge is 2.08. The molecular weight excluding hydrogens is 307 g/mol. The van der Waals surface area contributed by atoms with Crippen LogP contribution < -0.4 is 0 Å². The summed E-state index contributed by atoms with van der Waals surface area (Å²) in [5, 5.41) is 6.32. The average molecular weight is 314 g/mol. The Morgan fingerprint density at radius 1 is 0.833 bits per heavy atom. The first-order chi connectivity index (χ1) is 8.65. The molecule has 18 heavy (non-hydrogen) atoms. The SMILES string of the molecule is Clc1ccc2c(-c3ccc(Cl)c(Cl)c3)scc2c1. The van der Waals surface area contributed by atoms with Crippen molar-refractivity contribution in [1.29, 1.82) is 0 Å². The molecule has 3 aromatic rings. The van der Waals surface area contributed by atoms with E-state index in [9.17, 15) is 0 Å². The predicted octanol–water partition coefficient (Wildman–Crippen LogP) is 6.53. The first-order valence-electron chi connectivity index (χ1n) is 5.27. The zero-order valence-corrected chi connectivity index (χ0v) is 12.2. The molecule has 0 aliphatic carbocycles. The van der Waals surface area contributed by atoms with Crippen LogP contribution in [0.4, 0.5) is 0 Å². The molecular formula is C14H7Cl3S. The fourth-order valence-corrected chi connectivity index (χ4v) is 3.38. The second-order valence-electron chi connectivity index (χ2n) is 3.93. The first kappa shape index (κ1) is 12.3. The Balaban J connectivity index is 2.22. The maximum Gasteiger partial charge on any atom is 0.0598 e. The Labute approximate surface area is 124 Å². The third kappa shape index (κ3) is 2.12. The van der Waals surface area contributed by atoms with Crippen molar-refractivity contribution in [3.8, 4) is 10.4 Å². The molecule has 4 heteroatoms. The standard InChI is InChI=1S/C14H7Cl3S/c15-10-2-3-11-9(5-10)7-18-14(11)8-1-4-12(16)13(17)6-8/h1-7H. The summed E-state index contributed by atoms with van der Waals surface area (Å²) in [6.45, 7) is 0. The Bertz CT molecular complexity index is 731. The lowest BCUT2D eigenvalue weighted by Gasteiger charge is -2.02. The molecule has 90 valence electrons. The van der Waals surface area contributed by atoms with Crippen LogP contribution in [-0.4, -0.2) is 0 Å². The molecule has 0 N–H and O–H groups in total. The molecule has 0 unspecified atom stereocenters. The van der Waals surface area contributed by atoms with Gasteiger partial charge in [0.1, 0.15) is 0 Å². The fraction of sp³-hybridized carbons (Fsp3) is 0. The van der Waals surface area contributed by atoms with Crippen molar-refractivity contribution < 1.29 is 0 Å². The van der Waals surface area contributed by atoms with E-state index in [1.807, 2.05) is 36.4 Å². The molecule has 0 aliphatic heterocycles. The van der Waals surface area contributed by atoms with E-state index in [0.717, 1.165) is 16.0 Å². The van der Waals surface area contributed by atoms with E-state index < -0.39 is 0 Å². The molecule has 1 aromatic heterocycles. The van der Waals surface area contributed by atoms with Crippen LogP contribution in [0.1, 0.15) is 0 Å². The molecule has 0 aliphatic rings. The highest BCUT2D eigenvalue weighted by molar-refractivity contribution is 7.15. The summed E-state index contributed by atoms with van der Waals surface area (Å²) in [4.78, 5) is 1.18. The largest absolute Gasteiger partial charge is 0.143 e. The summed E-state index contributed by atoms with van der Waals surface area (Å²) in [6.07, 6.45) is 0. The Morgan fingerprint density at radius 2 is 1.67 bits per heavy atom. The average Bonchev–Trinajstić information content (AvgIpc) is 2.75. The number of benzene rings is 2. The summed E-state index contributed by atoms with van der Waals surface area (Å²) in [7, 11) is 0. The molecule has 0 saturated heterocycles. The van der Waals surface area contributed by atoms with E-state index in [2.05, 4.69) is 5.38 Å². The van der Waals surface area contributed by atoms with Gasteiger partial charge in [-0.05, 0) is 40.6 Å². The normalized spacial score (nSPS) is 11.1. The highest BCUT2D eigenvalue weighted by Crippen LogP contribution is 2.38. The molecule has 0 atom stereocenters. The van der Waals surface area contributed by atoms with Gasteiger partial charge in [-0.25, -0.2) is 0 Å². The van der Waals surface area contributed by atoms with Crippen LogP contribution in [0.15, 0.2) is 41.8 Å². The summed E-state index contributed by atoms with van der Waals surface area (Å²) in [5.74, 6) is 0. The summed E-state index contributed by atoms with van der Waals surface area (Å²) >= 11 is 19.7. The smallest absolute Gasteiger partial charge is 0.0598 e. The third-order valence-corrected chi connectivity index (χ3v) is 4.78. The number of thiophene rings is 1. The summed E-state index contributed by atoms with van der Waals surface area (Å²) in [6, 6.07) is 11.6. The van der Waals surface area contributed by atoms with Crippen LogP contribution in [0.3, 0.4) is 0 Å². The molecule has 0 bridgehead atoms. The Morgan fingerprint density at radius 3 is 2.44 bits per heavy atom. The second kappa shape index (κ2) is 4.75. The number of hydrogen-bond acceptors (Lipinski definition) is 1. The van der Waals surface area contributed by atoms with E-state index in [1.54, 1.807) is 11.3 Å². The number of fused-ring (bicyclic) bond motifs is 1. The zero-order chi connectivity index (χ0) is 12.7. The maximum atomic E-state index is 6.06. The van der Waals surface area contributed by atoms with Gasteiger partial charge in [-0.15, -0.1) is 11.3 Å². The minimum atomic E-state index is 0.573. The van der Waals surface area contributed by atoms with Crippen molar-refractivity contribution in [2.75, 3.05) is 0 Å². The second-order valence-corrected chi connectivity index (χ2v) is 6.06. The molecule has 0 saturated carbocycles. The fourth-order valence-electron chi connectivity index (χ4n) is 1.88. The van der Waals surface area contributed by atoms with Crippen molar-refractivity contribution in [3.63, 3.8) is 0 Å². The van der Waals surface area contributed by atoms with Crippen molar-refractivity contribution in [1.82, 2.24) is 0 Å². The third-order valence-electron chi connectivity index (χ3n) is 2.74. The Hall–Kier alpha value is -0.730. The van der Waals surface area contributed by atoms with Gasteiger partial charge in [0.05, 0.1) is 10.0 Å². The maximum absolute atomic E-state index is 6.06. The van der Waals surface area contributed by atoms with Crippen molar-refractivity contribution >= 4 is 56.9 Å².